The molecule has 1 aromatic carbocycles. The van der Waals surface area contributed by atoms with Crippen molar-refractivity contribution in [2.24, 2.45) is 0 Å². The second-order valence-corrected chi connectivity index (χ2v) is 7.67. The fraction of sp³-hybridized carbons (Fsp3) is 0.409. The van der Waals surface area contributed by atoms with E-state index in [1.54, 1.807) is 15.8 Å². The molecule has 1 N–H and O–H groups in total. The molecule has 8 heteroatoms. The number of carbonyl (C=O) groups is 3. The van der Waals surface area contributed by atoms with Gasteiger partial charge >= 0.3 is 0 Å². The molecule has 1 saturated heterocycles. The minimum atomic E-state index is -0.578. The van der Waals surface area contributed by atoms with E-state index in [9.17, 15) is 14.4 Å². The minimum absolute atomic E-state index is 0.128. The standard InChI is InChI=1S/C22H23N5O3/c1-2-16-13-26(25-24-16)12-5-3-4-7-15-8-6-9-17-18(15)14-27(22(17)30)19-10-11-20(28)23-21(19)29/h1,6,8-9,13,19H,3-5,7,10-12,14H2,(H,23,28,29). The van der Waals surface area contributed by atoms with Crippen LogP contribution >= 0.6 is 0 Å². The summed E-state index contributed by atoms with van der Waals surface area (Å²) in [5, 5.41) is 10.2. The van der Waals surface area contributed by atoms with Crippen LogP contribution in [0.1, 0.15) is 59.3 Å². The Labute approximate surface area is 174 Å². The molecule has 1 unspecified atom stereocenters. The summed E-state index contributed by atoms with van der Waals surface area (Å²) >= 11 is 0. The van der Waals surface area contributed by atoms with E-state index in [4.69, 9.17) is 6.42 Å². The number of imide groups is 1. The third-order valence-corrected chi connectivity index (χ3v) is 5.70. The predicted octanol–water partition coefficient (Wildman–Crippen LogP) is 1.43. The number of nitrogens with one attached hydrogen (secondary N) is 1. The van der Waals surface area contributed by atoms with Gasteiger partial charge in [0.25, 0.3) is 5.91 Å². The summed E-state index contributed by atoms with van der Waals surface area (Å²) in [6.07, 6.45) is 11.5. The average molecular weight is 405 g/mol. The summed E-state index contributed by atoms with van der Waals surface area (Å²) in [5.41, 5.74) is 3.36. The van der Waals surface area contributed by atoms with Crippen molar-refractivity contribution in [1.82, 2.24) is 25.2 Å². The van der Waals surface area contributed by atoms with Gasteiger partial charge in [0, 0.05) is 25.1 Å². The number of rotatable bonds is 7. The molecule has 3 heterocycles. The number of benzene rings is 1. The third-order valence-electron chi connectivity index (χ3n) is 5.70. The van der Waals surface area contributed by atoms with Crippen LogP contribution in [0.3, 0.4) is 0 Å². The van der Waals surface area contributed by atoms with Crippen LogP contribution in [0.4, 0.5) is 0 Å². The van der Waals surface area contributed by atoms with E-state index >= 15 is 0 Å². The third kappa shape index (κ3) is 3.96. The van der Waals surface area contributed by atoms with Crippen molar-refractivity contribution in [1.29, 1.82) is 0 Å². The number of carbonyl (C=O) groups excluding carboxylic acids is 3. The lowest BCUT2D eigenvalue weighted by Crippen LogP contribution is -2.52. The van der Waals surface area contributed by atoms with Crippen LogP contribution in [0, 0.1) is 12.3 Å². The van der Waals surface area contributed by atoms with Crippen LogP contribution in [-0.2, 0) is 29.1 Å². The second kappa shape index (κ2) is 8.49. The van der Waals surface area contributed by atoms with Gasteiger partial charge in [0.2, 0.25) is 11.8 Å². The normalized spacial score (nSPS) is 18.3. The van der Waals surface area contributed by atoms with Gasteiger partial charge in [-0.05, 0) is 48.8 Å². The van der Waals surface area contributed by atoms with Crippen LogP contribution in [0.5, 0.6) is 0 Å². The summed E-state index contributed by atoms with van der Waals surface area (Å²) in [4.78, 5) is 38.1. The molecule has 0 spiro atoms. The number of fused-ring (bicyclic) bond motifs is 1. The number of aromatic nitrogens is 3. The maximum Gasteiger partial charge on any atom is 0.255 e. The van der Waals surface area contributed by atoms with Crippen molar-refractivity contribution in [3.63, 3.8) is 0 Å². The Morgan fingerprint density at radius 2 is 2.07 bits per heavy atom. The molecule has 154 valence electrons. The molecule has 2 aliphatic rings. The Morgan fingerprint density at radius 1 is 1.20 bits per heavy atom. The molecule has 2 aromatic rings. The number of unbranched alkanes of at least 4 members (excludes halogenated alkanes) is 2. The molecular formula is C22H23N5O3. The van der Waals surface area contributed by atoms with Gasteiger partial charge in [-0.15, -0.1) is 11.5 Å². The van der Waals surface area contributed by atoms with Crippen molar-refractivity contribution in [3.05, 3.63) is 46.8 Å². The molecule has 0 bridgehead atoms. The van der Waals surface area contributed by atoms with E-state index in [1.807, 2.05) is 12.1 Å². The topological polar surface area (TPSA) is 97.2 Å². The summed E-state index contributed by atoms with van der Waals surface area (Å²) in [7, 11) is 0. The number of aryl methyl sites for hydroxylation is 2. The van der Waals surface area contributed by atoms with E-state index in [0.717, 1.165) is 43.4 Å². The smallest absolute Gasteiger partial charge is 0.255 e. The first-order valence-corrected chi connectivity index (χ1v) is 10.2. The number of terminal acetylenes is 1. The molecule has 0 aliphatic carbocycles. The van der Waals surface area contributed by atoms with Gasteiger partial charge < -0.3 is 4.90 Å². The predicted molar refractivity (Wildman–Crippen MR) is 108 cm³/mol. The van der Waals surface area contributed by atoms with Crippen molar-refractivity contribution < 1.29 is 14.4 Å². The fourth-order valence-electron chi connectivity index (χ4n) is 4.12. The van der Waals surface area contributed by atoms with Gasteiger partial charge in [-0.1, -0.05) is 23.8 Å². The molecule has 4 rings (SSSR count). The highest BCUT2D eigenvalue weighted by atomic mass is 16.2. The van der Waals surface area contributed by atoms with Crippen molar-refractivity contribution >= 4 is 17.7 Å². The fourth-order valence-corrected chi connectivity index (χ4v) is 4.12. The molecule has 1 aromatic heterocycles. The summed E-state index contributed by atoms with van der Waals surface area (Å²) in [6.45, 7) is 1.19. The van der Waals surface area contributed by atoms with Crippen LogP contribution in [0.15, 0.2) is 24.4 Å². The van der Waals surface area contributed by atoms with E-state index in [-0.39, 0.29) is 24.1 Å². The maximum atomic E-state index is 12.9. The number of hydrogen-bond donors (Lipinski definition) is 1. The Morgan fingerprint density at radius 3 is 2.83 bits per heavy atom. The van der Waals surface area contributed by atoms with E-state index in [0.29, 0.717) is 24.2 Å². The van der Waals surface area contributed by atoms with E-state index < -0.39 is 6.04 Å². The molecule has 3 amide bonds. The first-order chi connectivity index (χ1) is 14.6. The molecule has 1 atom stereocenters. The zero-order chi connectivity index (χ0) is 21.1. The quantitative estimate of drug-likeness (QED) is 0.427. The highest BCUT2D eigenvalue weighted by Crippen LogP contribution is 2.30. The van der Waals surface area contributed by atoms with Gasteiger partial charge in [0.1, 0.15) is 6.04 Å². The van der Waals surface area contributed by atoms with E-state index in [1.165, 1.54) is 0 Å². The first kappa shape index (κ1) is 19.8. The number of nitrogens with zero attached hydrogens (tertiary/aromatic N) is 4. The number of piperidine rings is 1. The number of hydrogen-bond acceptors (Lipinski definition) is 5. The van der Waals surface area contributed by atoms with Crippen molar-refractivity contribution in [3.8, 4) is 12.3 Å². The van der Waals surface area contributed by atoms with Crippen molar-refractivity contribution in [2.75, 3.05) is 0 Å². The summed E-state index contributed by atoms with van der Waals surface area (Å²) in [6, 6.07) is 5.19. The largest absolute Gasteiger partial charge is 0.322 e. The van der Waals surface area contributed by atoms with Gasteiger partial charge in [-0.3, -0.25) is 24.4 Å². The van der Waals surface area contributed by atoms with Gasteiger partial charge in [0.15, 0.2) is 5.69 Å². The number of amides is 3. The molecule has 8 nitrogen and oxygen atoms in total. The molecular weight excluding hydrogens is 382 g/mol. The molecule has 0 saturated carbocycles. The molecule has 2 aliphatic heterocycles. The molecule has 0 radical (unpaired) electrons. The Kier molecular flexibility index (Phi) is 5.61. The van der Waals surface area contributed by atoms with Crippen LogP contribution < -0.4 is 5.32 Å². The highest BCUT2D eigenvalue weighted by Gasteiger charge is 2.39. The van der Waals surface area contributed by atoms with Crippen LogP contribution in [0.2, 0.25) is 0 Å². The summed E-state index contributed by atoms with van der Waals surface area (Å²) < 4.78 is 1.76. The van der Waals surface area contributed by atoms with Gasteiger partial charge in [0.05, 0.1) is 6.20 Å². The van der Waals surface area contributed by atoms with Gasteiger partial charge in [-0.2, -0.15) is 0 Å². The molecule has 30 heavy (non-hydrogen) atoms. The van der Waals surface area contributed by atoms with Crippen molar-refractivity contribution in [2.45, 2.75) is 57.7 Å². The Bertz CT molecular complexity index is 1040. The first-order valence-electron chi connectivity index (χ1n) is 10.2. The zero-order valence-electron chi connectivity index (χ0n) is 16.6. The Hall–Kier alpha value is -3.47. The SMILES string of the molecule is C#Cc1cn(CCCCCc2cccc3c2CN(C2CCC(=O)NC2=O)C3=O)nn1. The van der Waals surface area contributed by atoms with Crippen LogP contribution in [-0.4, -0.2) is 43.7 Å². The molecule has 1 fully saturated rings. The zero-order valence-corrected chi connectivity index (χ0v) is 16.6. The minimum Gasteiger partial charge on any atom is -0.322 e. The lowest BCUT2D eigenvalue weighted by atomic mass is 9.98. The Balaban J connectivity index is 1.34. The lowest BCUT2D eigenvalue weighted by molar-refractivity contribution is -0.136. The highest BCUT2D eigenvalue weighted by molar-refractivity contribution is 6.05. The average Bonchev–Trinajstić information content (AvgIpc) is 3.33. The summed E-state index contributed by atoms with van der Waals surface area (Å²) in [5.74, 6) is 1.68. The monoisotopic (exact) mass is 405 g/mol. The van der Waals surface area contributed by atoms with E-state index in [2.05, 4.69) is 27.6 Å². The van der Waals surface area contributed by atoms with Gasteiger partial charge in [-0.25, -0.2) is 0 Å². The van der Waals surface area contributed by atoms with Crippen LogP contribution in [0.25, 0.3) is 0 Å². The lowest BCUT2D eigenvalue weighted by Gasteiger charge is -2.29. The second-order valence-electron chi connectivity index (χ2n) is 7.67. The maximum absolute atomic E-state index is 12.9.